The van der Waals surface area contributed by atoms with Crippen LogP contribution in [-0.4, -0.2) is 83.2 Å². The number of carbonyl (C=O) groups excluding carboxylic acids is 3. The van der Waals surface area contributed by atoms with Crippen molar-refractivity contribution in [2.45, 2.75) is 57.3 Å². The van der Waals surface area contributed by atoms with Crippen LogP contribution in [0.3, 0.4) is 0 Å². The Morgan fingerprint density at radius 2 is 1.81 bits per heavy atom. The molecule has 3 heterocycles. The molecule has 0 aromatic heterocycles. The molecule has 37 heavy (non-hydrogen) atoms. The Kier molecular flexibility index (Phi) is 7.36. The predicted molar refractivity (Wildman–Crippen MR) is 142 cm³/mol. The van der Waals surface area contributed by atoms with Crippen LogP contribution in [0.2, 0.25) is 0 Å². The summed E-state index contributed by atoms with van der Waals surface area (Å²) in [4.78, 5) is 47.0. The van der Waals surface area contributed by atoms with Gasteiger partial charge in [0.25, 0.3) is 5.91 Å². The molecule has 3 amide bonds. The molecule has 8 heteroatoms. The highest BCUT2D eigenvalue weighted by Crippen LogP contribution is 2.64. The van der Waals surface area contributed by atoms with Gasteiger partial charge in [0.1, 0.15) is 11.6 Å². The number of likely N-dealkylation sites (N-methyl/N-ethyl adjacent to an activating group) is 1. The third-order valence-electron chi connectivity index (χ3n) is 8.59. The second kappa shape index (κ2) is 10.1. The maximum atomic E-state index is 14.5. The van der Waals surface area contributed by atoms with Gasteiger partial charge in [0.2, 0.25) is 11.8 Å². The van der Waals surface area contributed by atoms with Gasteiger partial charge in [0.05, 0.1) is 24.0 Å². The topological polar surface area (TPSA) is 90.4 Å². The lowest BCUT2D eigenvalue weighted by Gasteiger charge is -2.37. The molecule has 0 saturated carbocycles. The maximum Gasteiger partial charge on any atom is 0.253 e. The van der Waals surface area contributed by atoms with Crippen molar-refractivity contribution < 1.29 is 24.2 Å². The summed E-state index contributed by atoms with van der Waals surface area (Å²) in [5.41, 5.74) is 0.703. The molecule has 3 fully saturated rings. The number of β-amino-alcohol motifs (C(OH)–C–C–N with tert-alkyl or cyclic N) is 1. The van der Waals surface area contributed by atoms with Crippen molar-refractivity contribution in [2.24, 2.45) is 11.8 Å². The van der Waals surface area contributed by atoms with Gasteiger partial charge in [-0.1, -0.05) is 37.3 Å². The zero-order chi connectivity index (χ0) is 27.1. The molecule has 4 rings (SSSR count). The van der Waals surface area contributed by atoms with Gasteiger partial charge in [-0.15, -0.1) is 13.2 Å². The van der Waals surface area contributed by atoms with Crippen LogP contribution in [0.5, 0.6) is 0 Å². The number of amides is 3. The average Bonchev–Trinajstić information content (AvgIpc) is 3.47. The van der Waals surface area contributed by atoms with Gasteiger partial charge in [-0.2, -0.15) is 0 Å². The number of aliphatic hydroxyl groups excluding tert-OH is 1. The summed E-state index contributed by atoms with van der Waals surface area (Å²) in [6.07, 6.45) is 4.97. The van der Waals surface area contributed by atoms with E-state index in [0.717, 1.165) is 16.8 Å². The van der Waals surface area contributed by atoms with Crippen LogP contribution in [0.1, 0.15) is 37.3 Å². The van der Waals surface area contributed by atoms with E-state index in [4.69, 9.17) is 4.74 Å². The van der Waals surface area contributed by atoms with Crippen molar-refractivity contribution in [1.82, 2.24) is 9.80 Å². The largest absolute Gasteiger partial charge is 0.395 e. The Morgan fingerprint density at radius 3 is 2.38 bits per heavy atom. The molecule has 3 aliphatic rings. The molecular formula is C29H39N3O5. The fraction of sp³-hybridized carbons (Fsp3) is 0.552. The fourth-order valence-corrected chi connectivity index (χ4v) is 7.04. The van der Waals surface area contributed by atoms with Crippen LogP contribution in [0.4, 0.5) is 5.69 Å². The molecule has 2 unspecified atom stereocenters. The molecule has 3 saturated heterocycles. The first kappa shape index (κ1) is 27.1. The third kappa shape index (κ3) is 3.92. The number of likely N-dealkylation sites (tertiary alicyclic amines) is 1. The van der Waals surface area contributed by atoms with Gasteiger partial charge in [-0.25, -0.2) is 0 Å². The van der Waals surface area contributed by atoms with Gasteiger partial charge < -0.3 is 24.5 Å². The summed E-state index contributed by atoms with van der Waals surface area (Å²) < 4.78 is 6.80. The molecule has 8 nitrogen and oxygen atoms in total. The monoisotopic (exact) mass is 509 g/mol. The van der Waals surface area contributed by atoms with Crippen molar-refractivity contribution in [3.05, 3.63) is 54.6 Å². The van der Waals surface area contributed by atoms with E-state index in [0.29, 0.717) is 25.8 Å². The van der Waals surface area contributed by atoms with Crippen LogP contribution in [0, 0.1) is 25.7 Å². The van der Waals surface area contributed by atoms with E-state index in [1.165, 1.54) is 4.90 Å². The normalized spacial score (nSPS) is 29.8. The predicted octanol–water partition coefficient (Wildman–Crippen LogP) is 2.61. The number of hydrogen-bond acceptors (Lipinski definition) is 5. The number of aliphatic hydroxyl groups is 1. The lowest BCUT2D eigenvalue weighted by molar-refractivity contribution is -0.150. The number of aryl methyl sites for hydroxylation is 2. The quantitative estimate of drug-likeness (QED) is 0.490. The van der Waals surface area contributed by atoms with Gasteiger partial charge in [0.15, 0.2) is 0 Å². The van der Waals surface area contributed by atoms with E-state index in [-0.39, 0.29) is 37.4 Å². The second-order valence-electron chi connectivity index (χ2n) is 10.6. The summed E-state index contributed by atoms with van der Waals surface area (Å²) in [6.45, 7) is 13.8. The van der Waals surface area contributed by atoms with Crippen molar-refractivity contribution in [2.75, 3.05) is 38.2 Å². The summed E-state index contributed by atoms with van der Waals surface area (Å²) in [5.74, 6) is -2.23. The number of anilines is 1. The van der Waals surface area contributed by atoms with Crippen molar-refractivity contribution in [3.8, 4) is 0 Å². The van der Waals surface area contributed by atoms with E-state index in [1.54, 1.807) is 29.0 Å². The Bertz CT molecular complexity index is 1100. The second-order valence-corrected chi connectivity index (χ2v) is 10.6. The zero-order valence-electron chi connectivity index (χ0n) is 22.4. The number of hydrogen-bond donors (Lipinski definition) is 1. The number of para-hydroxylation sites is 1. The van der Waals surface area contributed by atoms with E-state index < -0.39 is 29.1 Å². The van der Waals surface area contributed by atoms with Crippen LogP contribution >= 0.6 is 0 Å². The minimum atomic E-state index is -1.13. The SMILES string of the molecule is C=CCN(C)C(=O)[C@@H]1[C@H]2C(=O)N(CCO)C(C(=O)N(CC=C)c3c(C)cccc3C)C23CC[C@@]1(CC)O3. The lowest BCUT2D eigenvalue weighted by Crippen LogP contribution is -2.57. The number of fused-ring (bicyclic) bond motifs is 1. The van der Waals surface area contributed by atoms with Gasteiger partial charge in [-0.05, 0) is 44.2 Å². The summed E-state index contributed by atoms with van der Waals surface area (Å²) in [5, 5.41) is 9.89. The van der Waals surface area contributed by atoms with Gasteiger partial charge in [0, 0.05) is 32.4 Å². The van der Waals surface area contributed by atoms with Crippen molar-refractivity contribution >= 4 is 23.4 Å². The highest BCUT2D eigenvalue weighted by Gasteiger charge is 2.79. The number of carbonyl (C=O) groups is 3. The van der Waals surface area contributed by atoms with Gasteiger partial charge >= 0.3 is 0 Å². The Hall–Kier alpha value is -2.97. The lowest BCUT2D eigenvalue weighted by atomic mass is 9.64. The molecule has 1 N–H and O–H groups in total. The Morgan fingerprint density at radius 1 is 1.16 bits per heavy atom. The smallest absolute Gasteiger partial charge is 0.253 e. The van der Waals surface area contributed by atoms with E-state index in [1.807, 2.05) is 39.0 Å². The summed E-state index contributed by atoms with van der Waals surface area (Å²) >= 11 is 0. The molecule has 1 spiro atoms. The average molecular weight is 510 g/mol. The highest BCUT2D eigenvalue weighted by molar-refractivity contribution is 6.05. The summed E-state index contributed by atoms with van der Waals surface area (Å²) in [6, 6.07) is 4.89. The number of ether oxygens (including phenoxy) is 1. The first-order chi connectivity index (χ1) is 17.6. The van der Waals surface area contributed by atoms with Crippen LogP contribution in [0.25, 0.3) is 0 Å². The zero-order valence-corrected chi connectivity index (χ0v) is 22.4. The Labute approximate surface area is 219 Å². The summed E-state index contributed by atoms with van der Waals surface area (Å²) in [7, 11) is 1.70. The number of nitrogens with zero attached hydrogens (tertiary/aromatic N) is 3. The first-order valence-electron chi connectivity index (χ1n) is 13.1. The molecule has 200 valence electrons. The fourth-order valence-electron chi connectivity index (χ4n) is 7.04. The first-order valence-corrected chi connectivity index (χ1v) is 13.1. The molecule has 5 atom stereocenters. The maximum absolute atomic E-state index is 14.5. The molecular weight excluding hydrogens is 470 g/mol. The van der Waals surface area contributed by atoms with Crippen LogP contribution in [0.15, 0.2) is 43.5 Å². The minimum absolute atomic E-state index is 0.00589. The van der Waals surface area contributed by atoms with Crippen LogP contribution in [-0.2, 0) is 19.1 Å². The molecule has 1 aromatic carbocycles. The van der Waals surface area contributed by atoms with E-state index >= 15 is 0 Å². The van der Waals surface area contributed by atoms with E-state index in [9.17, 15) is 19.5 Å². The third-order valence-corrected chi connectivity index (χ3v) is 8.59. The molecule has 3 aliphatic heterocycles. The number of rotatable bonds is 10. The number of benzene rings is 1. The molecule has 2 bridgehead atoms. The molecule has 0 aliphatic carbocycles. The minimum Gasteiger partial charge on any atom is -0.395 e. The van der Waals surface area contributed by atoms with Crippen molar-refractivity contribution in [1.29, 1.82) is 0 Å². The van der Waals surface area contributed by atoms with E-state index in [2.05, 4.69) is 13.2 Å². The van der Waals surface area contributed by atoms with Gasteiger partial charge in [-0.3, -0.25) is 14.4 Å². The highest BCUT2D eigenvalue weighted by atomic mass is 16.5. The molecule has 1 aromatic rings. The standard InChI is InChI=1S/C29H39N3O5/c1-7-15-30(6)25(34)21-22-26(35)32(17-18-33)24(29(22)14-13-28(21,9-3)37-29)27(36)31(16-8-2)23-19(4)11-10-12-20(23)5/h7-8,10-12,21-22,24,33H,1-2,9,13-18H2,3-6H3/t21-,22-,24?,28+,29?/m0/s1. The molecule has 0 radical (unpaired) electrons. The Balaban J connectivity index is 1.85. The van der Waals surface area contributed by atoms with Crippen LogP contribution < -0.4 is 4.90 Å². The van der Waals surface area contributed by atoms with Crippen molar-refractivity contribution in [3.63, 3.8) is 0 Å².